The molecule has 0 fully saturated rings. The predicted molar refractivity (Wildman–Crippen MR) is 87.3 cm³/mol. The summed E-state index contributed by atoms with van der Waals surface area (Å²) in [5, 5.41) is 13.7. The quantitative estimate of drug-likeness (QED) is 0.856. The van der Waals surface area contributed by atoms with E-state index in [0.717, 1.165) is 5.56 Å². The molecule has 0 bridgehead atoms. The third kappa shape index (κ3) is 5.21. The number of nitrogens with one attached hydrogen (secondary N) is 2. The predicted octanol–water partition coefficient (Wildman–Crippen LogP) is 2.54. The Hall–Kier alpha value is -3.20. The fourth-order valence-electron chi connectivity index (χ4n) is 2.06. The van der Waals surface area contributed by atoms with Gasteiger partial charge in [0.2, 0.25) is 11.8 Å². The third-order valence-electron chi connectivity index (χ3n) is 3.28. The summed E-state index contributed by atoms with van der Waals surface area (Å²) in [4.78, 5) is 23.1. The van der Waals surface area contributed by atoms with Gasteiger partial charge in [-0.05, 0) is 29.3 Å². The van der Waals surface area contributed by atoms with Crippen molar-refractivity contribution in [1.29, 1.82) is 5.26 Å². The molecule has 2 aromatic rings. The zero-order valence-electron chi connectivity index (χ0n) is 12.9. The first-order chi connectivity index (χ1) is 11.6. The van der Waals surface area contributed by atoms with E-state index in [1.165, 1.54) is 6.07 Å². The normalized spacial score (nSPS) is 9.83. The Balaban J connectivity index is 1.87. The van der Waals surface area contributed by atoms with Crippen LogP contribution in [0.15, 0.2) is 48.5 Å². The number of nitriles is 1. The van der Waals surface area contributed by atoms with Crippen LogP contribution in [0.3, 0.4) is 0 Å². The van der Waals surface area contributed by atoms with Crippen LogP contribution >= 0.6 is 0 Å². The highest BCUT2D eigenvalue weighted by Crippen LogP contribution is 2.12. The van der Waals surface area contributed by atoms with E-state index in [1.54, 1.807) is 48.5 Å². The molecule has 0 heterocycles. The van der Waals surface area contributed by atoms with Gasteiger partial charge in [-0.2, -0.15) is 5.26 Å². The van der Waals surface area contributed by atoms with Crippen molar-refractivity contribution in [2.24, 2.45) is 0 Å². The molecule has 2 N–H and O–H groups in total. The van der Waals surface area contributed by atoms with Crippen LogP contribution in [0.4, 0.5) is 10.1 Å². The summed E-state index contributed by atoms with van der Waals surface area (Å²) in [6.45, 7) is 0.309. The highest BCUT2D eigenvalue weighted by Gasteiger charge is 2.08. The van der Waals surface area contributed by atoms with Crippen LogP contribution in [0.25, 0.3) is 0 Å². The fraction of sp³-hybridized carbons (Fsp3) is 0.167. The molecule has 0 aliphatic heterocycles. The van der Waals surface area contributed by atoms with E-state index in [1.807, 2.05) is 0 Å². The van der Waals surface area contributed by atoms with Gasteiger partial charge in [-0.25, -0.2) is 4.39 Å². The standard InChI is InChI=1S/C18H16FN3O2/c19-16-4-2-1-3-14(16)11-18(24)22-15-7-5-13(6-8-15)12-21-17(23)9-10-20/h1-8H,9,11-12H2,(H,21,23)(H,22,24). The average Bonchev–Trinajstić information content (AvgIpc) is 2.57. The van der Waals surface area contributed by atoms with E-state index in [2.05, 4.69) is 10.6 Å². The Labute approximate surface area is 139 Å². The Morgan fingerprint density at radius 1 is 1.04 bits per heavy atom. The van der Waals surface area contributed by atoms with E-state index in [0.29, 0.717) is 17.8 Å². The molecule has 0 aliphatic carbocycles. The molecule has 0 radical (unpaired) electrons. The monoisotopic (exact) mass is 325 g/mol. The van der Waals surface area contributed by atoms with Crippen molar-refractivity contribution in [3.8, 4) is 6.07 Å². The van der Waals surface area contributed by atoms with Gasteiger partial charge in [0.15, 0.2) is 0 Å². The molecule has 0 atom stereocenters. The van der Waals surface area contributed by atoms with Crippen LogP contribution in [-0.4, -0.2) is 11.8 Å². The average molecular weight is 325 g/mol. The first kappa shape index (κ1) is 17.2. The van der Waals surface area contributed by atoms with Crippen LogP contribution in [-0.2, 0) is 22.6 Å². The van der Waals surface area contributed by atoms with Crippen molar-refractivity contribution in [2.45, 2.75) is 19.4 Å². The van der Waals surface area contributed by atoms with Crippen LogP contribution in [0, 0.1) is 17.1 Å². The first-order valence-corrected chi connectivity index (χ1v) is 7.34. The Kier molecular flexibility index (Phi) is 6.03. The van der Waals surface area contributed by atoms with Crippen molar-refractivity contribution >= 4 is 17.5 Å². The van der Waals surface area contributed by atoms with E-state index >= 15 is 0 Å². The molecule has 2 amide bonds. The van der Waals surface area contributed by atoms with E-state index in [4.69, 9.17) is 5.26 Å². The molecule has 24 heavy (non-hydrogen) atoms. The van der Waals surface area contributed by atoms with Crippen molar-refractivity contribution < 1.29 is 14.0 Å². The van der Waals surface area contributed by atoms with E-state index in [9.17, 15) is 14.0 Å². The van der Waals surface area contributed by atoms with Crippen molar-refractivity contribution in [1.82, 2.24) is 5.32 Å². The second-order valence-electron chi connectivity index (χ2n) is 5.12. The van der Waals surface area contributed by atoms with Crippen molar-refractivity contribution in [3.63, 3.8) is 0 Å². The number of nitrogens with zero attached hydrogens (tertiary/aromatic N) is 1. The lowest BCUT2D eigenvalue weighted by Crippen LogP contribution is -2.21. The number of anilines is 1. The highest BCUT2D eigenvalue weighted by atomic mass is 19.1. The second-order valence-corrected chi connectivity index (χ2v) is 5.12. The molecule has 0 saturated carbocycles. The zero-order chi connectivity index (χ0) is 17.4. The van der Waals surface area contributed by atoms with Gasteiger partial charge in [-0.15, -0.1) is 0 Å². The van der Waals surface area contributed by atoms with Gasteiger partial charge in [0, 0.05) is 12.2 Å². The molecular weight excluding hydrogens is 309 g/mol. The lowest BCUT2D eigenvalue weighted by molar-refractivity contribution is -0.120. The minimum Gasteiger partial charge on any atom is -0.351 e. The molecule has 0 saturated heterocycles. The summed E-state index contributed by atoms with van der Waals surface area (Å²) in [5.74, 6) is -1.05. The fourth-order valence-corrected chi connectivity index (χ4v) is 2.06. The van der Waals surface area contributed by atoms with Gasteiger partial charge in [0.1, 0.15) is 12.2 Å². The molecule has 0 unspecified atom stereocenters. The summed E-state index contributed by atoms with van der Waals surface area (Å²) in [7, 11) is 0. The van der Waals surface area contributed by atoms with Gasteiger partial charge in [0.25, 0.3) is 0 Å². The molecular formula is C18H16FN3O2. The Morgan fingerprint density at radius 2 is 1.75 bits per heavy atom. The minimum atomic E-state index is -0.406. The maximum absolute atomic E-state index is 13.5. The molecule has 5 nitrogen and oxygen atoms in total. The Morgan fingerprint density at radius 3 is 2.42 bits per heavy atom. The van der Waals surface area contributed by atoms with Gasteiger partial charge < -0.3 is 10.6 Å². The molecule has 0 aliphatic rings. The van der Waals surface area contributed by atoms with Crippen LogP contribution in [0.2, 0.25) is 0 Å². The first-order valence-electron chi connectivity index (χ1n) is 7.34. The van der Waals surface area contributed by atoms with E-state index in [-0.39, 0.29) is 24.7 Å². The minimum absolute atomic E-state index is 0.0430. The number of rotatable bonds is 6. The molecule has 2 aromatic carbocycles. The number of carbonyl (C=O) groups excluding carboxylic acids is 2. The lowest BCUT2D eigenvalue weighted by Gasteiger charge is -2.08. The maximum Gasteiger partial charge on any atom is 0.234 e. The van der Waals surface area contributed by atoms with Gasteiger partial charge in [0.05, 0.1) is 12.5 Å². The number of benzene rings is 2. The highest BCUT2D eigenvalue weighted by molar-refractivity contribution is 5.92. The topological polar surface area (TPSA) is 82.0 Å². The van der Waals surface area contributed by atoms with Crippen molar-refractivity contribution in [2.75, 3.05) is 5.32 Å². The molecule has 122 valence electrons. The zero-order valence-corrected chi connectivity index (χ0v) is 12.9. The van der Waals surface area contributed by atoms with E-state index < -0.39 is 5.82 Å². The summed E-state index contributed by atoms with van der Waals surface area (Å²) >= 11 is 0. The summed E-state index contributed by atoms with van der Waals surface area (Å²) in [6.07, 6.45) is -0.219. The SMILES string of the molecule is N#CCC(=O)NCc1ccc(NC(=O)Cc2ccccc2F)cc1. The largest absolute Gasteiger partial charge is 0.351 e. The van der Waals surface area contributed by atoms with Gasteiger partial charge in [-0.1, -0.05) is 30.3 Å². The lowest BCUT2D eigenvalue weighted by atomic mass is 10.1. The summed E-state index contributed by atoms with van der Waals surface area (Å²) < 4.78 is 13.5. The summed E-state index contributed by atoms with van der Waals surface area (Å²) in [6, 6.07) is 14.8. The number of amides is 2. The molecule has 0 spiro atoms. The van der Waals surface area contributed by atoms with Gasteiger partial charge >= 0.3 is 0 Å². The van der Waals surface area contributed by atoms with Crippen LogP contribution < -0.4 is 10.6 Å². The molecule has 2 rings (SSSR count). The number of halogens is 1. The van der Waals surface area contributed by atoms with Gasteiger partial charge in [-0.3, -0.25) is 9.59 Å². The number of carbonyl (C=O) groups is 2. The Bertz CT molecular complexity index is 767. The van der Waals surface area contributed by atoms with Crippen molar-refractivity contribution in [3.05, 3.63) is 65.5 Å². The number of hydrogen-bond donors (Lipinski definition) is 2. The maximum atomic E-state index is 13.5. The third-order valence-corrected chi connectivity index (χ3v) is 3.28. The molecule has 0 aromatic heterocycles. The number of hydrogen-bond acceptors (Lipinski definition) is 3. The van der Waals surface area contributed by atoms with Crippen LogP contribution in [0.5, 0.6) is 0 Å². The smallest absolute Gasteiger partial charge is 0.234 e. The summed E-state index contributed by atoms with van der Waals surface area (Å²) in [5.41, 5.74) is 1.77. The second kappa shape index (κ2) is 8.44. The molecule has 6 heteroatoms. The van der Waals surface area contributed by atoms with Crippen LogP contribution in [0.1, 0.15) is 17.5 Å².